The number of fused-ring (bicyclic) bond motifs is 1. The predicted molar refractivity (Wildman–Crippen MR) is 84.9 cm³/mol. The van der Waals surface area contributed by atoms with Gasteiger partial charge < -0.3 is 5.32 Å². The smallest absolute Gasteiger partial charge is 0.0927 e. The van der Waals surface area contributed by atoms with E-state index in [-0.39, 0.29) is 0 Å². The molecule has 0 amide bonds. The van der Waals surface area contributed by atoms with E-state index in [1.807, 2.05) is 27.0 Å². The molecule has 0 bridgehead atoms. The van der Waals surface area contributed by atoms with Gasteiger partial charge in [-0.05, 0) is 37.0 Å². The zero-order chi connectivity index (χ0) is 14.3. The van der Waals surface area contributed by atoms with Gasteiger partial charge in [0.1, 0.15) is 0 Å². The van der Waals surface area contributed by atoms with Crippen LogP contribution in [0.15, 0.2) is 6.07 Å². The summed E-state index contributed by atoms with van der Waals surface area (Å²) >= 11 is 12.8. The summed E-state index contributed by atoms with van der Waals surface area (Å²) < 4.78 is 0. The average Bonchev–Trinajstić information content (AvgIpc) is 2.34. The second kappa shape index (κ2) is 5.18. The first-order chi connectivity index (χ1) is 8.88. The lowest BCUT2D eigenvalue weighted by atomic mass is 9.96. The number of anilines is 1. The van der Waals surface area contributed by atoms with Gasteiger partial charge in [0.15, 0.2) is 0 Å². The molecule has 0 spiro atoms. The quantitative estimate of drug-likeness (QED) is 0.811. The maximum atomic E-state index is 6.47. The van der Waals surface area contributed by atoms with Crippen molar-refractivity contribution in [2.24, 2.45) is 0 Å². The predicted octanol–water partition coefficient (Wildman–Crippen LogP) is 5.32. The molecule has 102 valence electrons. The van der Waals surface area contributed by atoms with Gasteiger partial charge in [0.25, 0.3) is 0 Å². The summed E-state index contributed by atoms with van der Waals surface area (Å²) in [7, 11) is 1.91. The molecule has 1 heterocycles. The number of hydrogen-bond donors (Lipinski definition) is 1. The Bertz CT molecular complexity index is 649. The summed E-state index contributed by atoms with van der Waals surface area (Å²) in [5.74, 6) is 0.370. The van der Waals surface area contributed by atoms with Gasteiger partial charge in [-0.2, -0.15) is 0 Å². The highest BCUT2D eigenvalue weighted by Gasteiger charge is 2.19. The number of aryl methyl sites for hydroxylation is 2. The van der Waals surface area contributed by atoms with Crippen LogP contribution >= 0.6 is 23.2 Å². The van der Waals surface area contributed by atoms with Crippen molar-refractivity contribution in [2.75, 3.05) is 12.4 Å². The zero-order valence-corrected chi connectivity index (χ0v) is 13.4. The van der Waals surface area contributed by atoms with Crippen molar-refractivity contribution in [3.8, 4) is 0 Å². The van der Waals surface area contributed by atoms with E-state index in [1.54, 1.807) is 0 Å². The Hall–Kier alpha value is -0.990. The standard InChI is InChI=1S/C15H18Cl2N2/c1-7(2)11-9(4)19-14-10(16)6-8(3)13(17)12(14)15(11)18-5/h6-7H,1-5H3,(H,18,19). The van der Waals surface area contributed by atoms with E-state index in [2.05, 4.69) is 24.1 Å². The SMILES string of the molecule is CNc1c(C(C)C)c(C)nc2c(Cl)cc(C)c(Cl)c12. The average molecular weight is 297 g/mol. The largest absolute Gasteiger partial charge is 0.387 e. The fraction of sp³-hybridized carbons (Fsp3) is 0.400. The molecule has 19 heavy (non-hydrogen) atoms. The van der Waals surface area contributed by atoms with Gasteiger partial charge in [-0.25, -0.2) is 0 Å². The lowest BCUT2D eigenvalue weighted by Gasteiger charge is -2.19. The van der Waals surface area contributed by atoms with Crippen molar-refractivity contribution in [2.45, 2.75) is 33.6 Å². The van der Waals surface area contributed by atoms with Crippen LogP contribution in [0.1, 0.15) is 36.6 Å². The fourth-order valence-corrected chi connectivity index (χ4v) is 3.13. The third kappa shape index (κ3) is 2.28. The maximum absolute atomic E-state index is 6.47. The lowest BCUT2D eigenvalue weighted by Crippen LogP contribution is -2.04. The summed E-state index contributed by atoms with van der Waals surface area (Å²) in [5.41, 5.74) is 4.96. The van der Waals surface area contributed by atoms with Crippen molar-refractivity contribution >= 4 is 39.8 Å². The number of rotatable bonds is 2. The number of nitrogens with one attached hydrogen (secondary N) is 1. The highest BCUT2D eigenvalue weighted by molar-refractivity contribution is 6.41. The lowest BCUT2D eigenvalue weighted by molar-refractivity contribution is 0.849. The number of benzene rings is 1. The number of aromatic nitrogens is 1. The molecule has 1 aromatic carbocycles. The van der Waals surface area contributed by atoms with Crippen LogP contribution in [-0.2, 0) is 0 Å². The molecule has 0 atom stereocenters. The Morgan fingerprint density at radius 3 is 2.37 bits per heavy atom. The zero-order valence-electron chi connectivity index (χ0n) is 11.9. The molecule has 1 N–H and O–H groups in total. The Morgan fingerprint density at radius 2 is 1.84 bits per heavy atom. The van der Waals surface area contributed by atoms with Crippen LogP contribution in [0.5, 0.6) is 0 Å². The summed E-state index contributed by atoms with van der Waals surface area (Å²) in [6.45, 7) is 8.28. The Labute approximate surface area is 124 Å². The van der Waals surface area contributed by atoms with E-state index in [9.17, 15) is 0 Å². The number of pyridine rings is 1. The van der Waals surface area contributed by atoms with E-state index in [0.717, 1.165) is 32.9 Å². The van der Waals surface area contributed by atoms with E-state index in [1.165, 1.54) is 5.56 Å². The van der Waals surface area contributed by atoms with E-state index in [4.69, 9.17) is 23.2 Å². The molecule has 0 aliphatic rings. The minimum absolute atomic E-state index is 0.370. The van der Waals surface area contributed by atoms with Crippen LogP contribution in [0, 0.1) is 13.8 Å². The molecule has 0 unspecified atom stereocenters. The Kier molecular flexibility index (Phi) is 3.93. The third-order valence-corrected chi connectivity index (χ3v) is 4.16. The van der Waals surface area contributed by atoms with E-state index >= 15 is 0 Å². The first-order valence-electron chi connectivity index (χ1n) is 6.35. The van der Waals surface area contributed by atoms with E-state index in [0.29, 0.717) is 10.9 Å². The van der Waals surface area contributed by atoms with Crippen molar-refractivity contribution in [3.63, 3.8) is 0 Å². The maximum Gasteiger partial charge on any atom is 0.0927 e. The van der Waals surface area contributed by atoms with Crippen LogP contribution in [0.25, 0.3) is 10.9 Å². The third-order valence-electron chi connectivity index (χ3n) is 3.39. The molecule has 4 heteroatoms. The number of halogens is 2. The highest BCUT2D eigenvalue weighted by atomic mass is 35.5. The van der Waals surface area contributed by atoms with Crippen LogP contribution in [-0.4, -0.2) is 12.0 Å². The van der Waals surface area contributed by atoms with Crippen LogP contribution < -0.4 is 5.32 Å². The molecule has 0 fully saturated rings. The molecule has 2 aromatic rings. The summed E-state index contributed by atoms with van der Waals surface area (Å²) in [5, 5.41) is 5.56. The molecule has 0 radical (unpaired) electrons. The van der Waals surface area contributed by atoms with Gasteiger partial charge in [0.2, 0.25) is 0 Å². The summed E-state index contributed by atoms with van der Waals surface area (Å²) in [6.07, 6.45) is 0. The molecule has 2 nitrogen and oxygen atoms in total. The Morgan fingerprint density at radius 1 is 1.21 bits per heavy atom. The molecule has 0 saturated carbocycles. The minimum Gasteiger partial charge on any atom is -0.387 e. The minimum atomic E-state index is 0.370. The molecule has 0 aliphatic carbocycles. The van der Waals surface area contributed by atoms with Crippen LogP contribution in [0.3, 0.4) is 0 Å². The van der Waals surface area contributed by atoms with Gasteiger partial charge in [-0.15, -0.1) is 0 Å². The van der Waals surface area contributed by atoms with Gasteiger partial charge in [0.05, 0.1) is 21.2 Å². The van der Waals surface area contributed by atoms with Crippen molar-refractivity contribution in [3.05, 3.63) is 32.9 Å². The van der Waals surface area contributed by atoms with E-state index < -0.39 is 0 Å². The van der Waals surface area contributed by atoms with Gasteiger partial charge in [-0.1, -0.05) is 37.0 Å². The molecular formula is C15H18Cl2N2. The highest BCUT2D eigenvalue weighted by Crippen LogP contribution is 2.40. The normalized spacial score (nSPS) is 11.4. The second-order valence-electron chi connectivity index (χ2n) is 5.10. The first-order valence-corrected chi connectivity index (χ1v) is 7.10. The molecular weight excluding hydrogens is 279 g/mol. The first kappa shape index (κ1) is 14.4. The molecule has 2 rings (SSSR count). The summed E-state index contributed by atoms with van der Waals surface area (Å²) in [6, 6.07) is 1.87. The molecule has 0 saturated heterocycles. The monoisotopic (exact) mass is 296 g/mol. The summed E-state index contributed by atoms with van der Waals surface area (Å²) in [4.78, 5) is 4.65. The van der Waals surface area contributed by atoms with Crippen LogP contribution in [0.2, 0.25) is 10.0 Å². The molecule has 1 aromatic heterocycles. The van der Waals surface area contributed by atoms with Crippen molar-refractivity contribution in [1.29, 1.82) is 0 Å². The van der Waals surface area contributed by atoms with Gasteiger partial charge >= 0.3 is 0 Å². The molecule has 0 aliphatic heterocycles. The fourth-order valence-electron chi connectivity index (χ4n) is 2.59. The van der Waals surface area contributed by atoms with Crippen molar-refractivity contribution in [1.82, 2.24) is 4.98 Å². The topological polar surface area (TPSA) is 24.9 Å². The second-order valence-corrected chi connectivity index (χ2v) is 5.89. The Balaban J connectivity index is 3.04. The van der Waals surface area contributed by atoms with Crippen LogP contribution in [0.4, 0.5) is 5.69 Å². The van der Waals surface area contributed by atoms with Crippen molar-refractivity contribution < 1.29 is 0 Å². The van der Waals surface area contributed by atoms with Gasteiger partial charge in [-0.3, -0.25) is 4.98 Å². The van der Waals surface area contributed by atoms with Gasteiger partial charge in [0, 0.05) is 18.1 Å². The number of hydrogen-bond acceptors (Lipinski definition) is 2. The number of nitrogens with zero attached hydrogens (tertiary/aromatic N) is 1.